The van der Waals surface area contributed by atoms with Crippen molar-refractivity contribution >= 4 is 21.6 Å². The molecule has 0 bridgehead atoms. The second kappa shape index (κ2) is 4.93. The molecule has 1 aliphatic heterocycles. The summed E-state index contributed by atoms with van der Waals surface area (Å²) in [5, 5.41) is 11.9. The monoisotopic (exact) mass is 270 g/mol. The number of carbonyl (C=O) groups is 1. The van der Waals surface area contributed by atoms with E-state index in [1.165, 1.54) is 12.3 Å². The molecule has 0 aliphatic carbocycles. The molecule has 0 spiro atoms. The maximum absolute atomic E-state index is 11.7. The van der Waals surface area contributed by atoms with Crippen LogP contribution in [-0.4, -0.2) is 35.9 Å². The van der Waals surface area contributed by atoms with Crippen LogP contribution >= 0.6 is 0 Å². The van der Waals surface area contributed by atoms with Gasteiger partial charge in [-0.1, -0.05) is 0 Å². The number of amides is 1. The van der Waals surface area contributed by atoms with Gasteiger partial charge in [0.05, 0.1) is 11.5 Å². The minimum Gasteiger partial charge on any atom is -0.504 e. The fourth-order valence-electron chi connectivity index (χ4n) is 1.97. The molecule has 1 amide bonds. The highest BCUT2D eigenvalue weighted by molar-refractivity contribution is 7.91. The van der Waals surface area contributed by atoms with Gasteiger partial charge in [0, 0.05) is 12.6 Å². The van der Waals surface area contributed by atoms with Gasteiger partial charge in [0.25, 0.3) is 0 Å². The maximum Gasteiger partial charge on any atom is 0.225 e. The van der Waals surface area contributed by atoms with Crippen LogP contribution in [0.4, 0.5) is 5.82 Å². The number of pyridine rings is 1. The van der Waals surface area contributed by atoms with E-state index >= 15 is 0 Å². The Morgan fingerprint density at radius 1 is 1.56 bits per heavy atom. The maximum atomic E-state index is 11.7. The van der Waals surface area contributed by atoms with Gasteiger partial charge in [0.1, 0.15) is 0 Å². The normalized spacial score (nSPS) is 21.7. The largest absolute Gasteiger partial charge is 0.504 e. The Morgan fingerprint density at radius 2 is 2.33 bits per heavy atom. The topological polar surface area (TPSA) is 96.4 Å². The molecule has 2 rings (SSSR count). The molecule has 6 nitrogen and oxygen atoms in total. The van der Waals surface area contributed by atoms with Gasteiger partial charge in [0.2, 0.25) is 5.91 Å². The number of hydrogen-bond acceptors (Lipinski definition) is 5. The Kier molecular flexibility index (Phi) is 3.51. The molecule has 1 saturated heterocycles. The third-order valence-electron chi connectivity index (χ3n) is 2.85. The van der Waals surface area contributed by atoms with Gasteiger partial charge >= 0.3 is 0 Å². The highest BCUT2D eigenvalue weighted by Gasteiger charge is 2.29. The first-order valence-electron chi connectivity index (χ1n) is 5.60. The number of aromatic hydroxyl groups is 1. The number of aromatic nitrogens is 1. The van der Waals surface area contributed by atoms with Crippen LogP contribution in [0.5, 0.6) is 5.75 Å². The quantitative estimate of drug-likeness (QED) is 0.836. The molecular weight excluding hydrogens is 256 g/mol. The third-order valence-corrected chi connectivity index (χ3v) is 4.68. The number of rotatable bonds is 3. The van der Waals surface area contributed by atoms with E-state index < -0.39 is 9.84 Å². The second-order valence-corrected chi connectivity index (χ2v) is 6.62. The molecule has 7 heteroatoms. The Bertz CT molecular complexity index is 556. The van der Waals surface area contributed by atoms with Crippen LogP contribution in [0, 0.1) is 5.92 Å². The lowest BCUT2D eigenvalue weighted by Crippen LogP contribution is -2.18. The van der Waals surface area contributed by atoms with E-state index in [1.54, 1.807) is 6.07 Å². The Hall–Kier alpha value is -1.63. The van der Waals surface area contributed by atoms with Gasteiger partial charge in [0.15, 0.2) is 21.4 Å². The molecule has 1 aromatic rings. The highest BCUT2D eigenvalue weighted by atomic mass is 32.2. The van der Waals surface area contributed by atoms with Crippen LogP contribution in [0.1, 0.15) is 12.8 Å². The van der Waals surface area contributed by atoms with E-state index in [2.05, 4.69) is 10.3 Å². The van der Waals surface area contributed by atoms with Crippen molar-refractivity contribution in [1.29, 1.82) is 0 Å². The number of hydrogen-bond donors (Lipinski definition) is 2. The van der Waals surface area contributed by atoms with Crippen LogP contribution in [0.25, 0.3) is 0 Å². The van der Waals surface area contributed by atoms with Crippen molar-refractivity contribution in [2.75, 3.05) is 16.8 Å². The molecule has 1 fully saturated rings. The summed E-state index contributed by atoms with van der Waals surface area (Å²) in [4.78, 5) is 15.5. The molecule has 2 N–H and O–H groups in total. The molecule has 1 aromatic heterocycles. The van der Waals surface area contributed by atoms with Gasteiger partial charge in [-0.05, 0) is 24.5 Å². The predicted molar refractivity (Wildman–Crippen MR) is 65.9 cm³/mol. The van der Waals surface area contributed by atoms with Crippen LogP contribution in [0.2, 0.25) is 0 Å². The van der Waals surface area contributed by atoms with Crippen molar-refractivity contribution in [3.63, 3.8) is 0 Å². The van der Waals surface area contributed by atoms with Gasteiger partial charge in [-0.3, -0.25) is 4.79 Å². The SMILES string of the molecule is O=C(CC1CCS(=O)(=O)C1)Nc1ncccc1O. The first-order valence-corrected chi connectivity index (χ1v) is 7.43. The lowest BCUT2D eigenvalue weighted by molar-refractivity contribution is -0.116. The molecule has 0 saturated carbocycles. The Labute approximate surface area is 105 Å². The summed E-state index contributed by atoms with van der Waals surface area (Å²) in [5.41, 5.74) is 0. The van der Waals surface area contributed by atoms with Crippen molar-refractivity contribution in [2.45, 2.75) is 12.8 Å². The van der Waals surface area contributed by atoms with E-state index in [4.69, 9.17) is 0 Å². The van der Waals surface area contributed by atoms with Crippen LogP contribution in [0.3, 0.4) is 0 Å². The van der Waals surface area contributed by atoms with Gasteiger partial charge in [-0.25, -0.2) is 13.4 Å². The summed E-state index contributed by atoms with van der Waals surface area (Å²) < 4.78 is 22.5. The molecule has 98 valence electrons. The van der Waals surface area contributed by atoms with E-state index in [0.717, 1.165) is 0 Å². The lowest BCUT2D eigenvalue weighted by atomic mass is 10.1. The fourth-order valence-corrected chi connectivity index (χ4v) is 3.83. The summed E-state index contributed by atoms with van der Waals surface area (Å²) in [5.74, 6) is -0.255. The minimum atomic E-state index is -2.97. The minimum absolute atomic E-state index is 0.0641. The van der Waals surface area contributed by atoms with Crippen molar-refractivity contribution in [1.82, 2.24) is 4.98 Å². The van der Waals surface area contributed by atoms with E-state index in [0.29, 0.717) is 6.42 Å². The van der Waals surface area contributed by atoms with Crippen LogP contribution in [-0.2, 0) is 14.6 Å². The van der Waals surface area contributed by atoms with E-state index in [-0.39, 0.29) is 41.3 Å². The van der Waals surface area contributed by atoms with Gasteiger partial charge < -0.3 is 10.4 Å². The zero-order valence-electron chi connectivity index (χ0n) is 9.67. The van der Waals surface area contributed by atoms with Crippen molar-refractivity contribution < 1.29 is 18.3 Å². The van der Waals surface area contributed by atoms with Crippen molar-refractivity contribution in [3.8, 4) is 5.75 Å². The van der Waals surface area contributed by atoms with Crippen molar-refractivity contribution in [2.24, 2.45) is 5.92 Å². The van der Waals surface area contributed by atoms with E-state index in [1.807, 2.05) is 0 Å². The third kappa shape index (κ3) is 3.19. The molecule has 1 unspecified atom stereocenters. The first-order chi connectivity index (χ1) is 8.46. The lowest BCUT2D eigenvalue weighted by Gasteiger charge is -2.08. The molecule has 0 radical (unpaired) electrons. The average molecular weight is 270 g/mol. The van der Waals surface area contributed by atoms with Crippen molar-refractivity contribution in [3.05, 3.63) is 18.3 Å². The first kappa shape index (κ1) is 12.8. The van der Waals surface area contributed by atoms with E-state index in [9.17, 15) is 18.3 Å². The summed E-state index contributed by atoms with van der Waals surface area (Å²) in [7, 11) is -2.97. The smallest absolute Gasteiger partial charge is 0.225 e. The van der Waals surface area contributed by atoms with Crippen LogP contribution in [0.15, 0.2) is 18.3 Å². The number of carbonyl (C=O) groups excluding carboxylic acids is 1. The summed E-state index contributed by atoms with van der Waals surface area (Å²) in [6.07, 6.45) is 2.11. The van der Waals surface area contributed by atoms with Gasteiger partial charge in [-0.2, -0.15) is 0 Å². The predicted octanol–water partition coefficient (Wildman–Crippen LogP) is 0.550. The molecule has 18 heavy (non-hydrogen) atoms. The Morgan fingerprint density at radius 3 is 2.94 bits per heavy atom. The standard InChI is InChI=1S/C11H14N2O4S/c14-9-2-1-4-12-11(9)13-10(15)6-8-3-5-18(16,17)7-8/h1-2,4,8,14H,3,5-7H2,(H,12,13,15). The Balaban J connectivity index is 1.92. The molecule has 1 aliphatic rings. The molecule has 1 atom stereocenters. The molecule has 2 heterocycles. The van der Waals surface area contributed by atoms with Crippen LogP contribution < -0.4 is 5.32 Å². The number of nitrogens with one attached hydrogen (secondary N) is 1. The summed E-state index contributed by atoms with van der Waals surface area (Å²) in [6.45, 7) is 0. The zero-order valence-corrected chi connectivity index (χ0v) is 10.5. The summed E-state index contributed by atoms with van der Waals surface area (Å²) >= 11 is 0. The zero-order chi connectivity index (χ0) is 13.2. The highest BCUT2D eigenvalue weighted by Crippen LogP contribution is 2.23. The number of sulfone groups is 1. The number of anilines is 1. The molecular formula is C11H14N2O4S. The number of nitrogens with zero attached hydrogens (tertiary/aromatic N) is 1. The fraction of sp³-hybridized carbons (Fsp3) is 0.455. The second-order valence-electron chi connectivity index (χ2n) is 4.39. The molecule has 0 aromatic carbocycles. The average Bonchev–Trinajstić information content (AvgIpc) is 2.61. The van der Waals surface area contributed by atoms with Gasteiger partial charge in [-0.15, -0.1) is 0 Å². The summed E-state index contributed by atoms with van der Waals surface area (Å²) in [6, 6.07) is 2.97.